The van der Waals surface area contributed by atoms with Gasteiger partial charge in [-0.2, -0.15) is 0 Å². The second kappa shape index (κ2) is 10.4. The van der Waals surface area contributed by atoms with Crippen LogP contribution in [0.4, 0.5) is 10.1 Å². The van der Waals surface area contributed by atoms with Gasteiger partial charge in [0.1, 0.15) is 23.9 Å². The number of likely N-dealkylation sites (N-methyl/N-ethyl adjacent to an activating group) is 1. The average molecular weight is 463 g/mol. The number of ether oxygens (including phenoxy) is 2. The van der Waals surface area contributed by atoms with Crippen molar-refractivity contribution in [3.63, 3.8) is 0 Å². The standard InChI is InChI=1S/C26H23FN2O3S/c1-3-29-25(30)24(33-26(29)28-20-10-14-21(31-2)15-11-20)16-18-8-12-22(13-9-18)32-17-19-6-4-5-7-23(19)27/h4-16H,3,17H2,1-2H3/b24-16+,28-26?. The third-order valence-electron chi connectivity index (χ3n) is 5.03. The zero-order valence-electron chi connectivity index (χ0n) is 18.3. The number of hydrogen-bond acceptors (Lipinski definition) is 5. The van der Waals surface area contributed by atoms with Gasteiger partial charge in [-0.25, -0.2) is 9.38 Å². The van der Waals surface area contributed by atoms with Crippen molar-refractivity contribution in [2.24, 2.45) is 4.99 Å². The van der Waals surface area contributed by atoms with Crippen LogP contribution in [0.5, 0.6) is 11.5 Å². The molecule has 0 bridgehead atoms. The van der Waals surface area contributed by atoms with Crippen molar-refractivity contribution < 1.29 is 18.7 Å². The Morgan fingerprint density at radius 1 is 1.00 bits per heavy atom. The number of thioether (sulfide) groups is 1. The van der Waals surface area contributed by atoms with Gasteiger partial charge in [0.2, 0.25) is 0 Å². The van der Waals surface area contributed by atoms with Crippen LogP contribution in [0.3, 0.4) is 0 Å². The molecule has 1 fully saturated rings. The molecule has 7 heteroatoms. The molecule has 168 valence electrons. The summed E-state index contributed by atoms with van der Waals surface area (Å²) in [6, 6.07) is 21.3. The Morgan fingerprint density at radius 2 is 1.70 bits per heavy atom. The van der Waals surface area contributed by atoms with E-state index >= 15 is 0 Å². The van der Waals surface area contributed by atoms with Gasteiger partial charge in [-0.3, -0.25) is 9.69 Å². The van der Waals surface area contributed by atoms with E-state index in [4.69, 9.17) is 9.47 Å². The molecule has 5 nitrogen and oxygen atoms in total. The van der Waals surface area contributed by atoms with Crippen LogP contribution >= 0.6 is 11.8 Å². The van der Waals surface area contributed by atoms with E-state index in [1.807, 2.05) is 49.4 Å². The summed E-state index contributed by atoms with van der Waals surface area (Å²) in [6.07, 6.45) is 1.84. The van der Waals surface area contributed by atoms with Crippen LogP contribution < -0.4 is 9.47 Å². The summed E-state index contributed by atoms with van der Waals surface area (Å²) >= 11 is 1.35. The lowest BCUT2D eigenvalue weighted by Gasteiger charge is -2.12. The molecule has 0 aliphatic carbocycles. The molecule has 0 radical (unpaired) electrons. The normalized spacial score (nSPS) is 16.0. The Bertz CT molecular complexity index is 1190. The van der Waals surface area contributed by atoms with Crippen molar-refractivity contribution in [3.05, 3.63) is 94.6 Å². The van der Waals surface area contributed by atoms with Gasteiger partial charge in [-0.05, 0) is 72.8 Å². The lowest BCUT2D eigenvalue weighted by Crippen LogP contribution is -2.28. The molecular formula is C26H23FN2O3S. The fourth-order valence-electron chi connectivity index (χ4n) is 3.23. The molecule has 3 aromatic carbocycles. The Hall–Kier alpha value is -3.58. The van der Waals surface area contributed by atoms with Gasteiger partial charge in [0.25, 0.3) is 5.91 Å². The van der Waals surface area contributed by atoms with Crippen molar-refractivity contribution in [2.75, 3.05) is 13.7 Å². The quantitative estimate of drug-likeness (QED) is 0.402. The van der Waals surface area contributed by atoms with E-state index < -0.39 is 0 Å². The van der Waals surface area contributed by atoms with Gasteiger partial charge < -0.3 is 9.47 Å². The van der Waals surface area contributed by atoms with Crippen LogP contribution in [0, 0.1) is 5.82 Å². The third-order valence-corrected chi connectivity index (χ3v) is 6.04. The van der Waals surface area contributed by atoms with Gasteiger partial charge in [0.05, 0.1) is 17.7 Å². The minimum atomic E-state index is -0.289. The van der Waals surface area contributed by atoms with E-state index in [1.165, 1.54) is 17.8 Å². The number of nitrogens with zero attached hydrogens (tertiary/aromatic N) is 2. The van der Waals surface area contributed by atoms with Gasteiger partial charge in [0.15, 0.2) is 5.17 Å². The second-order valence-electron chi connectivity index (χ2n) is 7.20. The van der Waals surface area contributed by atoms with Crippen molar-refractivity contribution in [1.82, 2.24) is 4.90 Å². The van der Waals surface area contributed by atoms with Gasteiger partial charge in [-0.1, -0.05) is 30.3 Å². The maximum absolute atomic E-state index is 13.7. The summed E-state index contributed by atoms with van der Waals surface area (Å²) in [7, 11) is 1.62. The highest BCUT2D eigenvalue weighted by Crippen LogP contribution is 2.34. The van der Waals surface area contributed by atoms with Crippen molar-refractivity contribution >= 4 is 34.6 Å². The van der Waals surface area contributed by atoms with Crippen LogP contribution in [0.2, 0.25) is 0 Å². The molecule has 0 unspecified atom stereocenters. The van der Waals surface area contributed by atoms with Gasteiger partial charge in [0, 0.05) is 12.1 Å². The first kappa shape index (κ1) is 22.6. The monoisotopic (exact) mass is 462 g/mol. The van der Waals surface area contributed by atoms with E-state index in [0.29, 0.717) is 27.9 Å². The molecule has 0 N–H and O–H groups in total. The highest BCUT2D eigenvalue weighted by Gasteiger charge is 2.32. The van der Waals surface area contributed by atoms with E-state index in [9.17, 15) is 9.18 Å². The van der Waals surface area contributed by atoms with E-state index in [1.54, 1.807) is 42.3 Å². The first-order chi connectivity index (χ1) is 16.1. The molecule has 4 rings (SSSR count). The molecule has 0 spiro atoms. The van der Waals surface area contributed by atoms with Crippen LogP contribution in [0.1, 0.15) is 18.1 Å². The lowest BCUT2D eigenvalue weighted by molar-refractivity contribution is -0.122. The Morgan fingerprint density at radius 3 is 2.36 bits per heavy atom. The minimum Gasteiger partial charge on any atom is -0.497 e. The first-order valence-corrected chi connectivity index (χ1v) is 11.3. The molecule has 3 aromatic rings. The summed E-state index contributed by atoms with van der Waals surface area (Å²) in [6.45, 7) is 2.60. The minimum absolute atomic E-state index is 0.0744. The maximum atomic E-state index is 13.7. The number of carbonyl (C=O) groups is 1. The molecule has 1 aliphatic heterocycles. The summed E-state index contributed by atoms with van der Waals surface area (Å²) < 4.78 is 24.6. The first-order valence-electron chi connectivity index (χ1n) is 10.5. The topological polar surface area (TPSA) is 51.1 Å². The lowest BCUT2D eigenvalue weighted by atomic mass is 10.2. The molecular weight excluding hydrogens is 439 g/mol. The van der Waals surface area contributed by atoms with Crippen LogP contribution in [-0.4, -0.2) is 29.6 Å². The fraction of sp³-hybridized carbons (Fsp3) is 0.154. The van der Waals surface area contributed by atoms with E-state index in [2.05, 4.69) is 4.99 Å². The molecule has 0 atom stereocenters. The summed E-state index contributed by atoms with van der Waals surface area (Å²) in [4.78, 5) is 19.8. The summed E-state index contributed by atoms with van der Waals surface area (Å²) in [5, 5.41) is 0.642. The Labute approximate surface area is 196 Å². The largest absolute Gasteiger partial charge is 0.497 e. The predicted octanol–water partition coefficient (Wildman–Crippen LogP) is 6.04. The van der Waals surface area contributed by atoms with Crippen molar-refractivity contribution in [2.45, 2.75) is 13.5 Å². The molecule has 1 heterocycles. The van der Waals surface area contributed by atoms with Crippen LogP contribution in [0.15, 0.2) is 82.7 Å². The maximum Gasteiger partial charge on any atom is 0.266 e. The Balaban J connectivity index is 1.47. The zero-order valence-corrected chi connectivity index (χ0v) is 19.1. The number of amides is 1. The van der Waals surface area contributed by atoms with Crippen LogP contribution in [-0.2, 0) is 11.4 Å². The summed E-state index contributed by atoms with van der Waals surface area (Å²) in [5.74, 6) is 1.02. The molecule has 1 aliphatic rings. The SMILES string of the molecule is CCN1C(=O)/C(=C\c2ccc(OCc3ccccc3F)cc2)SC1=Nc1ccc(OC)cc1. The zero-order chi connectivity index (χ0) is 23.2. The number of amidine groups is 1. The Kier molecular flexibility index (Phi) is 7.10. The third kappa shape index (κ3) is 5.43. The second-order valence-corrected chi connectivity index (χ2v) is 8.21. The number of hydrogen-bond donors (Lipinski definition) is 0. The summed E-state index contributed by atoms with van der Waals surface area (Å²) in [5.41, 5.74) is 2.12. The number of rotatable bonds is 7. The van der Waals surface area contributed by atoms with Crippen LogP contribution in [0.25, 0.3) is 6.08 Å². The van der Waals surface area contributed by atoms with Gasteiger partial charge in [-0.15, -0.1) is 0 Å². The smallest absolute Gasteiger partial charge is 0.266 e. The average Bonchev–Trinajstić information content (AvgIpc) is 3.13. The van der Waals surface area contributed by atoms with Crippen molar-refractivity contribution in [3.8, 4) is 11.5 Å². The number of methoxy groups -OCH3 is 1. The number of halogens is 1. The van der Waals surface area contributed by atoms with E-state index in [-0.39, 0.29) is 18.3 Å². The number of benzene rings is 3. The highest BCUT2D eigenvalue weighted by atomic mass is 32.2. The number of carbonyl (C=O) groups excluding carboxylic acids is 1. The van der Waals surface area contributed by atoms with Gasteiger partial charge >= 0.3 is 0 Å². The molecule has 1 saturated heterocycles. The molecule has 1 amide bonds. The highest BCUT2D eigenvalue weighted by molar-refractivity contribution is 8.18. The fourth-order valence-corrected chi connectivity index (χ4v) is 4.29. The molecule has 0 saturated carbocycles. The molecule has 33 heavy (non-hydrogen) atoms. The van der Waals surface area contributed by atoms with E-state index in [0.717, 1.165) is 17.0 Å². The van der Waals surface area contributed by atoms with Crippen molar-refractivity contribution in [1.29, 1.82) is 0 Å². The predicted molar refractivity (Wildman–Crippen MR) is 130 cm³/mol. The number of aliphatic imine (C=N–C) groups is 1. The molecule has 0 aromatic heterocycles.